The van der Waals surface area contributed by atoms with Crippen LogP contribution in [-0.2, 0) is 14.3 Å². The molecule has 1 aliphatic carbocycles. The van der Waals surface area contributed by atoms with Gasteiger partial charge in [0, 0.05) is 18.9 Å². The Hall–Kier alpha value is -3.39. The minimum atomic E-state index is -1.56. The van der Waals surface area contributed by atoms with Crippen LogP contribution in [-0.4, -0.2) is 53.5 Å². The van der Waals surface area contributed by atoms with Crippen molar-refractivity contribution in [3.05, 3.63) is 59.7 Å². The lowest BCUT2D eigenvalue weighted by molar-refractivity contribution is -0.147. The van der Waals surface area contributed by atoms with Crippen molar-refractivity contribution in [3.63, 3.8) is 0 Å². The number of carbonyl (C=O) groups is 3. The van der Waals surface area contributed by atoms with Gasteiger partial charge in [0.1, 0.15) is 12.6 Å². The number of hydrogen-bond donors (Lipinski definition) is 4. The van der Waals surface area contributed by atoms with Gasteiger partial charge in [-0.25, -0.2) is 9.59 Å². The Morgan fingerprint density at radius 1 is 1.00 bits per heavy atom. The molecule has 0 saturated carbocycles. The zero-order valence-corrected chi connectivity index (χ0v) is 19.0. The van der Waals surface area contributed by atoms with E-state index in [2.05, 4.69) is 22.8 Å². The van der Waals surface area contributed by atoms with Crippen molar-refractivity contribution in [2.75, 3.05) is 13.2 Å². The highest BCUT2D eigenvalue weighted by Gasteiger charge is 2.34. The maximum atomic E-state index is 12.7. The summed E-state index contributed by atoms with van der Waals surface area (Å²) in [5, 5.41) is 23.3. The molecule has 1 aliphatic rings. The molecular weight excluding hydrogens is 424 g/mol. The number of fused-ring (bicyclic) bond motifs is 3. The number of amides is 2. The molecule has 4 N–H and O–H groups in total. The second-order valence-electron chi connectivity index (χ2n) is 9.20. The van der Waals surface area contributed by atoms with E-state index in [1.807, 2.05) is 36.4 Å². The summed E-state index contributed by atoms with van der Waals surface area (Å²) >= 11 is 0. The normalized spacial score (nSPS) is 14.5. The predicted octanol–water partition coefficient (Wildman–Crippen LogP) is 2.89. The number of aliphatic carboxylic acids is 1. The first-order valence-corrected chi connectivity index (χ1v) is 10.9. The summed E-state index contributed by atoms with van der Waals surface area (Å²) in [6.07, 6.45) is -2.41. The van der Waals surface area contributed by atoms with Gasteiger partial charge < -0.3 is 25.6 Å². The van der Waals surface area contributed by atoms with Gasteiger partial charge in [-0.1, -0.05) is 69.3 Å². The van der Waals surface area contributed by atoms with Crippen LogP contribution in [0.25, 0.3) is 11.1 Å². The Bertz CT molecular complexity index is 984. The number of nitrogens with one attached hydrogen (secondary N) is 2. The summed E-state index contributed by atoms with van der Waals surface area (Å²) in [7, 11) is 0. The molecule has 3 rings (SSSR count). The molecule has 0 aliphatic heterocycles. The first-order chi connectivity index (χ1) is 15.6. The Morgan fingerprint density at radius 2 is 1.55 bits per heavy atom. The van der Waals surface area contributed by atoms with Crippen LogP contribution in [0.5, 0.6) is 0 Å². The van der Waals surface area contributed by atoms with Crippen LogP contribution >= 0.6 is 0 Å². The van der Waals surface area contributed by atoms with Crippen molar-refractivity contribution in [2.24, 2.45) is 5.41 Å². The quantitative estimate of drug-likeness (QED) is 0.486. The number of benzene rings is 2. The maximum Gasteiger partial charge on any atom is 0.407 e. The fourth-order valence-corrected chi connectivity index (χ4v) is 3.99. The molecule has 2 atom stereocenters. The summed E-state index contributed by atoms with van der Waals surface area (Å²) in [6, 6.07) is 15.1. The van der Waals surface area contributed by atoms with Crippen molar-refractivity contribution >= 4 is 18.0 Å². The predicted molar refractivity (Wildman–Crippen MR) is 123 cm³/mol. The van der Waals surface area contributed by atoms with Gasteiger partial charge in [0.05, 0.1) is 0 Å². The van der Waals surface area contributed by atoms with Gasteiger partial charge in [0.25, 0.3) is 0 Å². The number of carboxylic acids is 1. The van der Waals surface area contributed by atoms with Crippen LogP contribution in [0.15, 0.2) is 48.5 Å². The van der Waals surface area contributed by atoms with E-state index in [1.165, 1.54) is 0 Å². The lowest BCUT2D eigenvalue weighted by atomic mass is 9.86. The fraction of sp³-hybridized carbons (Fsp3) is 0.400. The minimum Gasteiger partial charge on any atom is -0.479 e. The van der Waals surface area contributed by atoms with Crippen molar-refractivity contribution in [3.8, 4) is 11.1 Å². The van der Waals surface area contributed by atoms with E-state index in [-0.39, 0.29) is 25.5 Å². The van der Waals surface area contributed by atoms with Gasteiger partial charge in [-0.05, 0) is 27.7 Å². The molecule has 8 nitrogen and oxygen atoms in total. The molecule has 0 saturated heterocycles. The molecule has 176 valence electrons. The van der Waals surface area contributed by atoms with E-state index in [0.29, 0.717) is 0 Å². The van der Waals surface area contributed by atoms with E-state index in [0.717, 1.165) is 22.3 Å². The van der Waals surface area contributed by atoms with Gasteiger partial charge in [0.15, 0.2) is 6.10 Å². The third-order valence-electron chi connectivity index (χ3n) is 5.74. The van der Waals surface area contributed by atoms with E-state index in [1.54, 1.807) is 20.8 Å². The molecule has 0 heterocycles. The Kier molecular flexibility index (Phi) is 7.38. The van der Waals surface area contributed by atoms with Crippen molar-refractivity contribution < 1.29 is 29.3 Å². The van der Waals surface area contributed by atoms with Gasteiger partial charge in [-0.3, -0.25) is 4.79 Å². The molecule has 8 heteroatoms. The van der Waals surface area contributed by atoms with Crippen LogP contribution in [0, 0.1) is 5.41 Å². The fourth-order valence-electron chi connectivity index (χ4n) is 3.99. The number of rotatable bonds is 8. The molecule has 0 aromatic heterocycles. The minimum absolute atomic E-state index is 0.0365. The zero-order valence-electron chi connectivity index (χ0n) is 19.0. The molecule has 1 unspecified atom stereocenters. The number of hydrogen-bond acceptors (Lipinski definition) is 5. The molecule has 2 aromatic carbocycles. The molecular formula is C25H30N2O6. The van der Waals surface area contributed by atoms with E-state index < -0.39 is 35.5 Å². The van der Waals surface area contributed by atoms with E-state index >= 15 is 0 Å². The number of aliphatic hydroxyl groups is 1. The lowest BCUT2D eigenvalue weighted by Crippen LogP contribution is -2.54. The highest BCUT2D eigenvalue weighted by Crippen LogP contribution is 2.44. The van der Waals surface area contributed by atoms with Gasteiger partial charge in [-0.2, -0.15) is 0 Å². The SMILES string of the molecule is CC(C)(C)C(NC(=O)OCC1c2ccccc2-c2ccccc21)C(=O)NCC[C@H](O)C(=O)O. The highest BCUT2D eigenvalue weighted by atomic mass is 16.5. The highest BCUT2D eigenvalue weighted by molar-refractivity contribution is 5.86. The average molecular weight is 455 g/mol. The summed E-state index contributed by atoms with van der Waals surface area (Å²) in [5.74, 6) is -1.93. The van der Waals surface area contributed by atoms with E-state index in [4.69, 9.17) is 9.84 Å². The van der Waals surface area contributed by atoms with E-state index in [9.17, 15) is 19.5 Å². The summed E-state index contributed by atoms with van der Waals surface area (Å²) in [5.41, 5.74) is 3.80. The number of carboxylic acid groups (broad SMARTS) is 1. The monoisotopic (exact) mass is 454 g/mol. The van der Waals surface area contributed by atoms with Crippen molar-refractivity contribution in [1.82, 2.24) is 10.6 Å². The van der Waals surface area contributed by atoms with Gasteiger partial charge >= 0.3 is 12.1 Å². The topological polar surface area (TPSA) is 125 Å². The molecule has 2 aromatic rings. The molecule has 33 heavy (non-hydrogen) atoms. The van der Waals surface area contributed by atoms with Crippen molar-refractivity contribution in [1.29, 1.82) is 0 Å². The lowest BCUT2D eigenvalue weighted by Gasteiger charge is -2.30. The number of alkyl carbamates (subject to hydrolysis) is 1. The second kappa shape index (κ2) is 10.0. The van der Waals surface area contributed by atoms with Crippen LogP contribution in [0.2, 0.25) is 0 Å². The Morgan fingerprint density at radius 3 is 2.06 bits per heavy atom. The number of carbonyl (C=O) groups excluding carboxylic acids is 2. The van der Waals surface area contributed by atoms with Gasteiger partial charge in [-0.15, -0.1) is 0 Å². The summed E-state index contributed by atoms with van der Waals surface area (Å²) < 4.78 is 5.54. The van der Waals surface area contributed by atoms with Crippen molar-refractivity contribution in [2.45, 2.75) is 45.3 Å². The van der Waals surface area contributed by atoms with Crippen LogP contribution in [0.1, 0.15) is 44.2 Å². The molecule has 0 spiro atoms. The van der Waals surface area contributed by atoms with Crippen LogP contribution in [0.4, 0.5) is 4.79 Å². The average Bonchev–Trinajstić information content (AvgIpc) is 3.08. The number of ether oxygens (including phenoxy) is 1. The summed E-state index contributed by atoms with van der Waals surface area (Å²) in [4.78, 5) is 36.0. The maximum absolute atomic E-state index is 12.7. The third kappa shape index (κ3) is 5.70. The molecule has 0 fully saturated rings. The standard InChI is InChI=1S/C25H30N2O6/c1-25(2,3)21(22(29)26-13-12-20(28)23(30)31)27-24(32)33-14-19-17-10-6-4-8-15(17)16-9-5-7-11-18(16)19/h4-11,19-21,28H,12-14H2,1-3H3,(H,26,29)(H,27,32)(H,30,31)/t20-,21?/m0/s1. The van der Waals surface area contributed by atoms with Crippen LogP contribution in [0.3, 0.4) is 0 Å². The number of aliphatic hydroxyl groups excluding tert-OH is 1. The van der Waals surface area contributed by atoms with Gasteiger partial charge in [0.2, 0.25) is 5.91 Å². The van der Waals surface area contributed by atoms with Crippen LogP contribution < -0.4 is 10.6 Å². The molecule has 0 bridgehead atoms. The Labute approximate surface area is 193 Å². The zero-order chi connectivity index (χ0) is 24.2. The largest absolute Gasteiger partial charge is 0.479 e. The first kappa shape index (κ1) is 24.3. The Balaban J connectivity index is 1.62. The second-order valence-corrected chi connectivity index (χ2v) is 9.20. The smallest absolute Gasteiger partial charge is 0.407 e. The summed E-state index contributed by atoms with van der Waals surface area (Å²) in [6.45, 7) is 5.49. The molecule has 0 radical (unpaired) electrons. The first-order valence-electron chi connectivity index (χ1n) is 10.9. The molecule has 2 amide bonds. The third-order valence-corrected chi connectivity index (χ3v) is 5.74.